The van der Waals surface area contributed by atoms with E-state index < -0.39 is 0 Å². The fraction of sp³-hybridized carbons (Fsp3) is 0.214. The Kier molecular flexibility index (Phi) is 3.77. The zero-order valence-electron chi connectivity index (χ0n) is 10.4. The molecule has 0 spiro atoms. The number of nitrogens with one attached hydrogen (secondary N) is 1. The zero-order chi connectivity index (χ0) is 13.0. The van der Waals surface area contributed by atoms with Crippen LogP contribution in [0.1, 0.15) is 18.5 Å². The SMILES string of the molecule is COc1cc(F)ccc1NC(C)c1ccncc1. The van der Waals surface area contributed by atoms with Crippen molar-refractivity contribution in [3.8, 4) is 5.75 Å². The van der Waals surface area contributed by atoms with Crippen LogP contribution < -0.4 is 10.1 Å². The van der Waals surface area contributed by atoms with Crippen LogP contribution in [0.3, 0.4) is 0 Å². The number of rotatable bonds is 4. The highest BCUT2D eigenvalue weighted by Gasteiger charge is 2.09. The maximum absolute atomic E-state index is 13.1. The largest absolute Gasteiger partial charge is 0.494 e. The Balaban J connectivity index is 2.19. The molecule has 0 bridgehead atoms. The highest BCUT2D eigenvalue weighted by atomic mass is 19.1. The second-order valence-electron chi connectivity index (χ2n) is 3.99. The number of hydrogen-bond acceptors (Lipinski definition) is 3. The minimum Gasteiger partial charge on any atom is -0.494 e. The van der Waals surface area contributed by atoms with Gasteiger partial charge in [0.25, 0.3) is 0 Å². The molecule has 4 heteroatoms. The number of hydrogen-bond donors (Lipinski definition) is 1. The minimum absolute atomic E-state index is 0.0901. The van der Waals surface area contributed by atoms with Gasteiger partial charge in [-0.1, -0.05) is 0 Å². The van der Waals surface area contributed by atoms with E-state index in [2.05, 4.69) is 10.3 Å². The van der Waals surface area contributed by atoms with Crippen molar-refractivity contribution >= 4 is 5.69 Å². The fourth-order valence-corrected chi connectivity index (χ4v) is 1.75. The van der Waals surface area contributed by atoms with Gasteiger partial charge in [-0.2, -0.15) is 0 Å². The van der Waals surface area contributed by atoms with Crippen molar-refractivity contribution in [1.82, 2.24) is 4.98 Å². The molecule has 1 heterocycles. The van der Waals surface area contributed by atoms with Crippen molar-refractivity contribution in [2.45, 2.75) is 13.0 Å². The van der Waals surface area contributed by atoms with E-state index in [0.717, 1.165) is 11.3 Å². The summed E-state index contributed by atoms with van der Waals surface area (Å²) < 4.78 is 18.2. The number of ether oxygens (including phenoxy) is 1. The Labute approximate surface area is 106 Å². The maximum Gasteiger partial charge on any atom is 0.144 e. The van der Waals surface area contributed by atoms with Crippen molar-refractivity contribution in [3.05, 3.63) is 54.1 Å². The number of halogens is 1. The predicted molar refractivity (Wildman–Crippen MR) is 69.2 cm³/mol. The van der Waals surface area contributed by atoms with Gasteiger partial charge in [0.2, 0.25) is 0 Å². The third kappa shape index (κ3) is 2.77. The molecule has 0 saturated heterocycles. The molecule has 0 amide bonds. The summed E-state index contributed by atoms with van der Waals surface area (Å²) in [6.45, 7) is 2.03. The van der Waals surface area contributed by atoms with E-state index in [1.807, 2.05) is 19.1 Å². The minimum atomic E-state index is -0.311. The van der Waals surface area contributed by atoms with Crippen molar-refractivity contribution in [2.24, 2.45) is 0 Å². The number of benzene rings is 1. The molecular formula is C14H15FN2O. The maximum atomic E-state index is 13.1. The molecule has 1 aromatic heterocycles. The Morgan fingerprint density at radius 1 is 1.22 bits per heavy atom. The first-order chi connectivity index (χ1) is 8.70. The molecular weight excluding hydrogens is 231 g/mol. The summed E-state index contributed by atoms with van der Waals surface area (Å²) >= 11 is 0. The van der Waals surface area contributed by atoms with Gasteiger partial charge >= 0.3 is 0 Å². The van der Waals surface area contributed by atoms with Crippen LogP contribution in [0.2, 0.25) is 0 Å². The number of aromatic nitrogens is 1. The van der Waals surface area contributed by atoms with Crippen LogP contribution in [0.5, 0.6) is 5.75 Å². The van der Waals surface area contributed by atoms with Gasteiger partial charge in [-0.15, -0.1) is 0 Å². The molecule has 0 saturated carbocycles. The van der Waals surface area contributed by atoms with Crippen LogP contribution >= 0.6 is 0 Å². The molecule has 1 N–H and O–H groups in total. The van der Waals surface area contributed by atoms with E-state index in [-0.39, 0.29) is 11.9 Å². The Morgan fingerprint density at radius 2 is 1.94 bits per heavy atom. The van der Waals surface area contributed by atoms with Gasteiger partial charge in [-0.05, 0) is 36.8 Å². The van der Waals surface area contributed by atoms with E-state index >= 15 is 0 Å². The molecule has 94 valence electrons. The number of nitrogens with zero attached hydrogens (tertiary/aromatic N) is 1. The molecule has 18 heavy (non-hydrogen) atoms. The van der Waals surface area contributed by atoms with Crippen LogP contribution in [-0.4, -0.2) is 12.1 Å². The van der Waals surface area contributed by atoms with Crippen LogP contribution in [0.25, 0.3) is 0 Å². The molecule has 0 aliphatic rings. The molecule has 1 unspecified atom stereocenters. The zero-order valence-corrected chi connectivity index (χ0v) is 10.4. The molecule has 0 aliphatic heterocycles. The third-order valence-electron chi connectivity index (χ3n) is 2.74. The lowest BCUT2D eigenvalue weighted by molar-refractivity contribution is 0.412. The Bertz CT molecular complexity index is 516. The standard InChI is InChI=1S/C14H15FN2O/c1-10(11-5-7-16-8-6-11)17-13-4-3-12(15)9-14(13)18-2/h3-10,17H,1-2H3. The van der Waals surface area contributed by atoms with Gasteiger partial charge in [0.1, 0.15) is 11.6 Å². The van der Waals surface area contributed by atoms with Crippen LogP contribution in [0.15, 0.2) is 42.7 Å². The van der Waals surface area contributed by atoms with Gasteiger partial charge in [0.15, 0.2) is 0 Å². The second-order valence-corrected chi connectivity index (χ2v) is 3.99. The smallest absolute Gasteiger partial charge is 0.144 e. The van der Waals surface area contributed by atoms with Crippen molar-refractivity contribution in [3.63, 3.8) is 0 Å². The van der Waals surface area contributed by atoms with Gasteiger partial charge in [0, 0.05) is 24.5 Å². The molecule has 3 nitrogen and oxygen atoms in total. The highest BCUT2D eigenvalue weighted by molar-refractivity contribution is 5.57. The summed E-state index contributed by atoms with van der Waals surface area (Å²) in [6.07, 6.45) is 3.49. The fourth-order valence-electron chi connectivity index (χ4n) is 1.75. The molecule has 2 aromatic rings. The van der Waals surface area contributed by atoms with Crippen LogP contribution in [-0.2, 0) is 0 Å². The molecule has 1 aromatic carbocycles. The van der Waals surface area contributed by atoms with E-state index in [9.17, 15) is 4.39 Å². The number of pyridine rings is 1. The third-order valence-corrected chi connectivity index (χ3v) is 2.74. The first kappa shape index (κ1) is 12.4. The number of methoxy groups -OCH3 is 1. The van der Waals surface area contributed by atoms with Crippen LogP contribution in [0.4, 0.5) is 10.1 Å². The summed E-state index contributed by atoms with van der Waals surface area (Å²) in [4.78, 5) is 3.98. The first-order valence-corrected chi connectivity index (χ1v) is 5.70. The first-order valence-electron chi connectivity index (χ1n) is 5.70. The van der Waals surface area contributed by atoms with E-state index in [1.54, 1.807) is 18.5 Å². The van der Waals surface area contributed by atoms with Gasteiger partial charge in [0.05, 0.1) is 12.8 Å². The summed E-state index contributed by atoms with van der Waals surface area (Å²) in [7, 11) is 1.52. The summed E-state index contributed by atoms with van der Waals surface area (Å²) in [5.74, 6) is 0.185. The molecule has 0 fully saturated rings. The topological polar surface area (TPSA) is 34.1 Å². The van der Waals surface area contributed by atoms with Gasteiger partial charge < -0.3 is 10.1 Å². The second kappa shape index (κ2) is 5.49. The van der Waals surface area contributed by atoms with E-state index in [1.165, 1.54) is 19.2 Å². The van der Waals surface area contributed by atoms with Crippen molar-refractivity contribution < 1.29 is 9.13 Å². The normalized spacial score (nSPS) is 11.9. The Morgan fingerprint density at radius 3 is 2.61 bits per heavy atom. The van der Waals surface area contributed by atoms with Crippen LogP contribution in [0, 0.1) is 5.82 Å². The lowest BCUT2D eigenvalue weighted by Crippen LogP contribution is -2.07. The molecule has 0 radical (unpaired) electrons. The highest BCUT2D eigenvalue weighted by Crippen LogP contribution is 2.28. The predicted octanol–water partition coefficient (Wildman–Crippen LogP) is 3.40. The average Bonchev–Trinajstić information content (AvgIpc) is 2.41. The van der Waals surface area contributed by atoms with Gasteiger partial charge in [-0.3, -0.25) is 4.98 Å². The van der Waals surface area contributed by atoms with E-state index in [4.69, 9.17) is 4.74 Å². The lowest BCUT2D eigenvalue weighted by atomic mass is 10.1. The van der Waals surface area contributed by atoms with Crippen molar-refractivity contribution in [1.29, 1.82) is 0 Å². The summed E-state index contributed by atoms with van der Waals surface area (Å²) in [6, 6.07) is 8.41. The summed E-state index contributed by atoms with van der Waals surface area (Å²) in [5, 5.41) is 3.29. The quantitative estimate of drug-likeness (QED) is 0.897. The lowest BCUT2D eigenvalue weighted by Gasteiger charge is -2.17. The van der Waals surface area contributed by atoms with E-state index in [0.29, 0.717) is 5.75 Å². The summed E-state index contributed by atoms with van der Waals surface area (Å²) in [5.41, 5.74) is 1.87. The Hall–Kier alpha value is -2.10. The molecule has 2 rings (SSSR count). The average molecular weight is 246 g/mol. The molecule has 0 aliphatic carbocycles. The monoisotopic (exact) mass is 246 g/mol. The number of anilines is 1. The van der Waals surface area contributed by atoms with Gasteiger partial charge in [-0.25, -0.2) is 4.39 Å². The van der Waals surface area contributed by atoms with Crippen molar-refractivity contribution in [2.75, 3.05) is 12.4 Å². The molecule has 1 atom stereocenters.